The first-order valence-corrected chi connectivity index (χ1v) is 7.38. The minimum Gasteiger partial charge on any atom is -0.263 e. The molecule has 2 rings (SSSR count). The molecule has 0 aromatic carbocycles. The van der Waals surface area contributed by atoms with Gasteiger partial charge in [-0.3, -0.25) is 4.98 Å². The lowest BCUT2D eigenvalue weighted by molar-refractivity contribution is 0.971. The van der Waals surface area contributed by atoms with Gasteiger partial charge in [0.2, 0.25) is 0 Å². The van der Waals surface area contributed by atoms with Gasteiger partial charge in [0.05, 0.1) is 0 Å². The Bertz CT molecular complexity index is 473. The largest absolute Gasteiger partial charge is 0.263 e. The molecule has 0 atom stereocenters. The smallest absolute Gasteiger partial charge is 0.170 e. The van der Waals surface area contributed by atoms with Crippen LogP contribution >= 0.6 is 39.2 Å². The van der Waals surface area contributed by atoms with Crippen LogP contribution in [0.2, 0.25) is 0 Å². The molecule has 16 heavy (non-hydrogen) atoms. The third-order valence-electron chi connectivity index (χ3n) is 1.89. The van der Waals surface area contributed by atoms with E-state index in [0.717, 1.165) is 26.8 Å². The molecule has 0 amide bonds. The van der Waals surface area contributed by atoms with Gasteiger partial charge in [0.1, 0.15) is 5.82 Å². The summed E-state index contributed by atoms with van der Waals surface area (Å²) in [5.74, 6) is 1.81. The molecule has 3 nitrogen and oxygen atoms in total. The zero-order valence-electron chi connectivity index (χ0n) is 8.68. The first kappa shape index (κ1) is 12.0. The second-order valence-corrected chi connectivity index (χ2v) is 6.02. The maximum Gasteiger partial charge on any atom is 0.170 e. The van der Waals surface area contributed by atoms with Crippen LogP contribution in [0.15, 0.2) is 27.3 Å². The highest BCUT2D eigenvalue weighted by atomic mass is 79.9. The van der Waals surface area contributed by atoms with Gasteiger partial charge in [-0.15, -0.1) is 0 Å². The second kappa shape index (κ2) is 5.75. The van der Waals surface area contributed by atoms with E-state index in [1.165, 1.54) is 17.1 Å². The van der Waals surface area contributed by atoms with Gasteiger partial charge in [0, 0.05) is 29.0 Å². The Hall–Kier alpha value is -0.460. The average molecular weight is 316 g/mol. The van der Waals surface area contributed by atoms with Crippen molar-refractivity contribution < 1.29 is 0 Å². The van der Waals surface area contributed by atoms with Gasteiger partial charge in [0.25, 0.3) is 0 Å². The number of rotatable bonds is 4. The van der Waals surface area contributed by atoms with Crippen LogP contribution in [0, 0.1) is 0 Å². The first-order valence-electron chi connectivity index (χ1n) is 4.82. The van der Waals surface area contributed by atoms with Crippen molar-refractivity contribution in [1.82, 2.24) is 14.3 Å². The summed E-state index contributed by atoms with van der Waals surface area (Å²) in [5, 5.41) is 0. The minimum atomic E-state index is 0.880. The third-order valence-corrected chi connectivity index (χ3v) is 4.27. The zero-order valence-corrected chi connectivity index (χ0v) is 11.9. The Labute approximate surface area is 111 Å². The number of hydrogen-bond donors (Lipinski definition) is 0. The fourth-order valence-corrected chi connectivity index (χ4v) is 3.15. The van der Waals surface area contributed by atoms with Crippen molar-refractivity contribution >= 4 is 39.2 Å². The van der Waals surface area contributed by atoms with Crippen LogP contribution in [-0.4, -0.2) is 14.3 Å². The summed E-state index contributed by atoms with van der Waals surface area (Å²) in [6.45, 7) is 2.06. The van der Waals surface area contributed by atoms with Gasteiger partial charge >= 0.3 is 0 Å². The number of aromatic nitrogens is 3. The van der Waals surface area contributed by atoms with Crippen LogP contribution in [0.4, 0.5) is 0 Å². The summed E-state index contributed by atoms with van der Waals surface area (Å²) < 4.78 is 6.29. The third kappa shape index (κ3) is 3.26. The topological polar surface area (TPSA) is 38.7 Å². The molecule has 0 radical (unpaired) electrons. The Morgan fingerprint density at radius 1 is 1.44 bits per heavy atom. The van der Waals surface area contributed by atoms with Crippen molar-refractivity contribution in [2.24, 2.45) is 0 Å². The Balaban J connectivity index is 1.96. The zero-order chi connectivity index (χ0) is 11.4. The molecule has 0 fully saturated rings. The number of halogens is 1. The maximum atomic E-state index is 4.40. The van der Waals surface area contributed by atoms with Crippen LogP contribution in [0.25, 0.3) is 0 Å². The Morgan fingerprint density at radius 2 is 2.31 bits per heavy atom. The molecular weight excluding hydrogens is 306 g/mol. The van der Waals surface area contributed by atoms with E-state index in [9.17, 15) is 0 Å². The molecule has 2 aromatic rings. The summed E-state index contributed by atoms with van der Waals surface area (Å²) in [7, 11) is 0. The van der Waals surface area contributed by atoms with Gasteiger partial charge in [-0.1, -0.05) is 18.7 Å². The first-order chi connectivity index (χ1) is 7.78. The summed E-state index contributed by atoms with van der Waals surface area (Å²) in [4.78, 5) is 8.53. The van der Waals surface area contributed by atoms with Gasteiger partial charge in [-0.25, -0.2) is 4.98 Å². The van der Waals surface area contributed by atoms with E-state index in [4.69, 9.17) is 0 Å². The van der Waals surface area contributed by atoms with Crippen LogP contribution in [0.3, 0.4) is 0 Å². The monoisotopic (exact) mass is 315 g/mol. The predicted octanol–water partition coefficient (Wildman–Crippen LogP) is 3.55. The number of aryl methyl sites for hydroxylation is 1. The maximum absolute atomic E-state index is 4.40. The molecular formula is C10H10BrN3S2. The molecule has 0 aliphatic rings. The highest BCUT2D eigenvalue weighted by Crippen LogP contribution is 2.25. The normalized spacial score (nSPS) is 10.6. The molecule has 0 aliphatic carbocycles. The van der Waals surface area contributed by atoms with Crippen molar-refractivity contribution in [1.29, 1.82) is 0 Å². The second-order valence-electron chi connectivity index (χ2n) is 3.13. The molecule has 0 aliphatic heterocycles. The van der Waals surface area contributed by atoms with E-state index < -0.39 is 0 Å². The predicted molar refractivity (Wildman–Crippen MR) is 70.8 cm³/mol. The minimum absolute atomic E-state index is 0.880. The number of pyridine rings is 1. The van der Waals surface area contributed by atoms with Crippen molar-refractivity contribution in [3.8, 4) is 0 Å². The Kier molecular flexibility index (Phi) is 4.31. The fraction of sp³-hybridized carbons (Fsp3) is 0.300. The number of nitrogens with zero attached hydrogens (tertiary/aromatic N) is 3. The van der Waals surface area contributed by atoms with Crippen LogP contribution < -0.4 is 0 Å². The standard InChI is InChI=1S/C10H10BrN3S2/c1-2-9-13-10(16-14-9)15-6-7-3-8(11)5-12-4-7/h3-5H,2,6H2,1H3. The van der Waals surface area contributed by atoms with Crippen LogP contribution in [0.1, 0.15) is 18.3 Å². The molecule has 84 valence electrons. The van der Waals surface area contributed by atoms with E-state index in [1.807, 2.05) is 6.20 Å². The molecule has 0 N–H and O–H groups in total. The van der Waals surface area contributed by atoms with E-state index in [0.29, 0.717) is 0 Å². The fourth-order valence-electron chi connectivity index (χ4n) is 1.12. The molecule has 2 heterocycles. The SMILES string of the molecule is CCc1nsc(SCc2cncc(Br)c2)n1. The van der Waals surface area contributed by atoms with E-state index in [-0.39, 0.29) is 0 Å². The van der Waals surface area contributed by atoms with E-state index >= 15 is 0 Å². The molecule has 0 saturated heterocycles. The van der Waals surface area contributed by atoms with Gasteiger partial charge in [0.15, 0.2) is 4.34 Å². The number of hydrogen-bond acceptors (Lipinski definition) is 5. The molecule has 2 aromatic heterocycles. The highest BCUT2D eigenvalue weighted by Gasteiger charge is 2.03. The average Bonchev–Trinajstić information content (AvgIpc) is 2.74. The molecule has 0 saturated carbocycles. The number of thioether (sulfide) groups is 1. The van der Waals surface area contributed by atoms with Gasteiger partial charge in [-0.05, 0) is 39.1 Å². The molecule has 0 bridgehead atoms. The van der Waals surface area contributed by atoms with Gasteiger partial charge < -0.3 is 0 Å². The van der Waals surface area contributed by atoms with Crippen molar-refractivity contribution in [3.63, 3.8) is 0 Å². The lowest BCUT2D eigenvalue weighted by atomic mass is 10.3. The van der Waals surface area contributed by atoms with E-state index in [1.54, 1.807) is 18.0 Å². The quantitative estimate of drug-likeness (QED) is 0.809. The lowest BCUT2D eigenvalue weighted by Crippen LogP contribution is -1.84. The van der Waals surface area contributed by atoms with Crippen LogP contribution in [-0.2, 0) is 12.2 Å². The summed E-state index contributed by atoms with van der Waals surface area (Å²) in [6.07, 6.45) is 4.56. The molecule has 0 unspecified atom stereocenters. The Morgan fingerprint density at radius 3 is 3.00 bits per heavy atom. The van der Waals surface area contributed by atoms with E-state index in [2.05, 4.69) is 43.3 Å². The van der Waals surface area contributed by atoms with Crippen molar-refractivity contribution in [2.45, 2.75) is 23.4 Å². The van der Waals surface area contributed by atoms with Crippen molar-refractivity contribution in [2.75, 3.05) is 0 Å². The van der Waals surface area contributed by atoms with Gasteiger partial charge in [-0.2, -0.15) is 4.37 Å². The summed E-state index contributed by atoms with van der Waals surface area (Å²) in [5.41, 5.74) is 1.19. The summed E-state index contributed by atoms with van der Waals surface area (Å²) >= 11 is 6.58. The summed E-state index contributed by atoms with van der Waals surface area (Å²) in [6, 6.07) is 2.07. The lowest BCUT2D eigenvalue weighted by Gasteiger charge is -1.98. The highest BCUT2D eigenvalue weighted by molar-refractivity contribution is 9.10. The molecule has 6 heteroatoms. The van der Waals surface area contributed by atoms with Crippen LogP contribution in [0.5, 0.6) is 0 Å². The molecule has 0 spiro atoms. The van der Waals surface area contributed by atoms with Crippen molar-refractivity contribution in [3.05, 3.63) is 34.3 Å².